The predicted molar refractivity (Wildman–Crippen MR) is 111 cm³/mol. The zero-order chi connectivity index (χ0) is 19.3. The number of anilines is 1. The molecule has 0 amide bonds. The summed E-state index contributed by atoms with van der Waals surface area (Å²) in [5.41, 5.74) is 7.46. The minimum Gasteiger partial charge on any atom is -0.343 e. The van der Waals surface area contributed by atoms with Crippen LogP contribution < -0.4 is 5.32 Å². The Bertz CT molecular complexity index is 1090. The Labute approximate surface area is 164 Å². The highest BCUT2D eigenvalue weighted by atomic mass is 16.1. The van der Waals surface area contributed by atoms with Crippen molar-refractivity contribution in [3.05, 3.63) is 88.3 Å². The van der Waals surface area contributed by atoms with Crippen LogP contribution in [0.4, 0.5) is 5.82 Å². The van der Waals surface area contributed by atoms with Gasteiger partial charge in [-0.25, -0.2) is 4.68 Å². The average Bonchev–Trinajstić information content (AvgIpc) is 3.04. The maximum atomic E-state index is 13.0. The van der Waals surface area contributed by atoms with E-state index in [1.165, 1.54) is 5.56 Å². The van der Waals surface area contributed by atoms with Crippen molar-refractivity contribution in [3.63, 3.8) is 0 Å². The summed E-state index contributed by atoms with van der Waals surface area (Å²) in [7, 11) is 0. The van der Waals surface area contributed by atoms with Gasteiger partial charge in [0.25, 0.3) is 0 Å². The molecule has 2 heterocycles. The van der Waals surface area contributed by atoms with Crippen molar-refractivity contribution in [1.29, 1.82) is 0 Å². The Morgan fingerprint density at radius 2 is 1.75 bits per heavy atom. The van der Waals surface area contributed by atoms with Crippen LogP contribution in [0.1, 0.15) is 47.6 Å². The molecule has 1 N–H and O–H groups in total. The van der Waals surface area contributed by atoms with Gasteiger partial charge in [0.2, 0.25) is 0 Å². The third kappa shape index (κ3) is 2.60. The second-order valence-corrected chi connectivity index (χ2v) is 7.73. The van der Waals surface area contributed by atoms with Gasteiger partial charge in [0.15, 0.2) is 5.78 Å². The number of carbonyl (C=O) groups is 1. The van der Waals surface area contributed by atoms with Crippen molar-refractivity contribution in [1.82, 2.24) is 9.78 Å². The molecule has 5 rings (SSSR count). The molecule has 0 saturated heterocycles. The second kappa shape index (κ2) is 6.48. The summed E-state index contributed by atoms with van der Waals surface area (Å²) < 4.78 is 1.98. The number of rotatable bonds is 2. The van der Waals surface area contributed by atoms with Gasteiger partial charge in [-0.15, -0.1) is 0 Å². The first-order valence-electron chi connectivity index (χ1n) is 9.88. The molecule has 0 fully saturated rings. The standard InChI is InChI=1S/C24H23N3O/c1-15-11-13-17(14-12-15)22-21-16(2)26-27(18-7-4-3-5-8-18)24(21)25-19-9-6-10-20(28)23(19)22/h3-5,7-8,11-14,22,25H,6,9-10H2,1-2H3/t22-/m1/s1. The zero-order valence-electron chi connectivity index (χ0n) is 16.2. The highest BCUT2D eigenvalue weighted by Gasteiger charge is 2.38. The normalized spacial score (nSPS) is 18.5. The van der Waals surface area contributed by atoms with Crippen LogP contribution >= 0.6 is 0 Å². The highest BCUT2D eigenvalue weighted by Crippen LogP contribution is 2.47. The lowest BCUT2D eigenvalue weighted by molar-refractivity contribution is -0.116. The Morgan fingerprint density at radius 1 is 1.00 bits per heavy atom. The van der Waals surface area contributed by atoms with Crippen molar-refractivity contribution in [2.24, 2.45) is 0 Å². The van der Waals surface area contributed by atoms with Gasteiger partial charge in [0.1, 0.15) is 5.82 Å². The van der Waals surface area contributed by atoms with Crippen molar-refractivity contribution >= 4 is 11.6 Å². The number of allylic oxidation sites excluding steroid dienone is 2. The molecule has 1 atom stereocenters. The minimum atomic E-state index is -0.0582. The monoisotopic (exact) mass is 369 g/mol. The lowest BCUT2D eigenvalue weighted by Crippen LogP contribution is -2.27. The van der Waals surface area contributed by atoms with Gasteiger partial charge in [0.05, 0.1) is 11.4 Å². The average molecular weight is 369 g/mol. The summed E-state index contributed by atoms with van der Waals surface area (Å²) in [6.07, 6.45) is 2.44. The molecule has 28 heavy (non-hydrogen) atoms. The fraction of sp³-hybridized carbons (Fsp3) is 0.250. The van der Waals surface area contributed by atoms with Gasteiger partial charge >= 0.3 is 0 Å². The van der Waals surface area contributed by atoms with Crippen molar-refractivity contribution in [2.45, 2.75) is 39.0 Å². The van der Waals surface area contributed by atoms with Crippen LogP contribution in [-0.2, 0) is 4.79 Å². The number of aryl methyl sites for hydroxylation is 2. The quantitative estimate of drug-likeness (QED) is 0.687. The first-order valence-corrected chi connectivity index (χ1v) is 9.88. The van der Waals surface area contributed by atoms with E-state index in [0.29, 0.717) is 6.42 Å². The smallest absolute Gasteiger partial charge is 0.161 e. The van der Waals surface area contributed by atoms with Gasteiger partial charge in [-0.05, 0) is 44.4 Å². The highest BCUT2D eigenvalue weighted by molar-refractivity contribution is 6.01. The van der Waals surface area contributed by atoms with E-state index >= 15 is 0 Å². The van der Waals surface area contributed by atoms with Crippen LogP contribution in [0.3, 0.4) is 0 Å². The van der Waals surface area contributed by atoms with Gasteiger partial charge < -0.3 is 5.32 Å². The number of nitrogens with zero attached hydrogens (tertiary/aromatic N) is 2. The Balaban J connectivity index is 1.75. The number of fused-ring (bicyclic) bond motifs is 1. The molecule has 0 spiro atoms. The van der Waals surface area contributed by atoms with E-state index in [9.17, 15) is 4.79 Å². The molecule has 4 nitrogen and oxygen atoms in total. The summed E-state index contributed by atoms with van der Waals surface area (Å²) in [6.45, 7) is 4.13. The van der Waals surface area contributed by atoms with Crippen molar-refractivity contribution < 1.29 is 4.79 Å². The van der Waals surface area contributed by atoms with Crippen LogP contribution in [-0.4, -0.2) is 15.6 Å². The van der Waals surface area contributed by atoms with Crippen molar-refractivity contribution in [3.8, 4) is 5.69 Å². The first kappa shape index (κ1) is 17.0. The number of nitrogens with one attached hydrogen (secondary N) is 1. The zero-order valence-corrected chi connectivity index (χ0v) is 16.2. The largest absolute Gasteiger partial charge is 0.343 e. The molecular weight excluding hydrogens is 346 g/mol. The summed E-state index contributed by atoms with van der Waals surface area (Å²) in [5.74, 6) is 1.19. The van der Waals surface area contributed by atoms with Crippen LogP contribution in [0.2, 0.25) is 0 Å². The van der Waals surface area contributed by atoms with Gasteiger partial charge in [0, 0.05) is 29.2 Å². The maximum Gasteiger partial charge on any atom is 0.161 e. The lowest BCUT2D eigenvalue weighted by Gasteiger charge is -2.33. The Morgan fingerprint density at radius 3 is 2.50 bits per heavy atom. The molecule has 1 aliphatic carbocycles. The third-order valence-corrected chi connectivity index (χ3v) is 5.82. The summed E-state index contributed by atoms with van der Waals surface area (Å²) in [5, 5.41) is 8.44. The number of benzene rings is 2. The SMILES string of the molecule is Cc1ccc([C@H]2C3=C(CCCC3=O)Nc3c2c(C)nn3-c2ccccc2)cc1. The fourth-order valence-corrected chi connectivity index (χ4v) is 4.47. The van der Waals surface area contributed by atoms with Gasteiger partial charge in [-0.2, -0.15) is 5.10 Å². The molecule has 0 radical (unpaired) electrons. The molecule has 140 valence electrons. The summed E-state index contributed by atoms with van der Waals surface area (Å²) in [4.78, 5) is 13.0. The van der Waals surface area contributed by atoms with Gasteiger partial charge in [-0.1, -0.05) is 48.0 Å². The number of Topliss-reactive ketones (excluding diaryl/α,β-unsaturated/α-hetero) is 1. The van der Waals surface area contributed by atoms with Crippen molar-refractivity contribution in [2.75, 3.05) is 5.32 Å². The fourth-order valence-electron chi connectivity index (χ4n) is 4.47. The third-order valence-electron chi connectivity index (χ3n) is 5.82. The Hall–Kier alpha value is -3.14. The summed E-state index contributed by atoms with van der Waals surface area (Å²) in [6, 6.07) is 18.7. The van der Waals surface area contributed by atoms with E-state index in [1.807, 2.05) is 29.8 Å². The molecule has 3 aromatic rings. The minimum absolute atomic E-state index is 0.0582. The molecule has 4 heteroatoms. The number of hydrogen-bond acceptors (Lipinski definition) is 3. The van der Waals surface area contributed by atoms with E-state index in [0.717, 1.165) is 52.4 Å². The van der Waals surface area contributed by atoms with Gasteiger partial charge in [-0.3, -0.25) is 4.79 Å². The predicted octanol–water partition coefficient (Wildman–Crippen LogP) is 5.05. The van der Waals surface area contributed by atoms with E-state index in [-0.39, 0.29) is 11.7 Å². The molecule has 1 aromatic heterocycles. The molecular formula is C24H23N3O. The molecule has 2 aromatic carbocycles. The van der Waals surface area contributed by atoms with Crippen LogP contribution in [0.5, 0.6) is 0 Å². The number of aromatic nitrogens is 2. The number of carbonyl (C=O) groups excluding carboxylic acids is 1. The summed E-state index contributed by atoms with van der Waals surface area (Å²) >= 11 is 0. The first-order chi connectivity index (χ1) is 13.6. The van der Waals surface area contributed by atoms with E-state index in [2.05, 4.69) is 48.6 Å². The van der Waals surface area contributed by atoms with Crippen LogP contribution in [0.25, 0.3) is 5.69 Å². The molecule has 0 unspecified atom stereocenters. The topological polar surface area (TPSA) is 46.9 Å². The number of para-hydroxylation sites is 1. The molecule has 0 bridgehead atoms. The Kier molecular flexibility index (Phi) is 3.93. The molecule has 2 aliphatic rings. The maximum absolute atomic E-state index is 13.0. The second-order valence-electron chi connectivity index (χ2n) is 7.73. The van der Waals surface area contributed by atoms with E-state index in [4.69, 9.17) is 5.10 Å². The van der Waals surface area contributed by atoms with E-state index < -0.39 is 0 Å². The molecule has 0 saturated carbocycles. The number of ketones is 1. The van der Waals surface area contributed by atoms with Crippen LogP contribution in [0.15, 0.2) is 65.9 Å². The number of hydrogen-bond donors (Lipinski definition) is 1. The lowest BCUT2D eigenvalue weighted by atomic mass is 9.76. The molecule has 1 aliphatic heterocycles. The van der Waals surface area contributed by atoms with E-state index in [1.54, 1.807) is 0 Å². The van der Waals surface area contributed by atoms with Crippen LogP contribution in [0, 0.1) is 13.8 Å².